The molecule has 0 aliphatic heterocycles. The molecule has 0 bridgehead atoms. The Kier molecular flexibility index (Phi) is 3.83. The molecule has 0 aliphatic rings. The molecule has 5 heteroatoms. The fraction of sp³-hybridized carbons (Fsp3) is 0.400. The van der Waals surface area contributed by atoms with Gasteiger partial charge in [-0.3, -0.25) is 0 Å². The first-order valence-electron chi connectivity index (χ1n) is 6.38. The molecule has 0 radical (unpaired) electrons. The predicted molar refractivity (Wildman–Crippen MR) is 74.7 cm³/mol. The van der Waals surface area contributed by atoms with E-state index in [1.54, 1.807) is 26.0 Å². The van der Waals surface area contributed by atoms with Gasteiger partial charge in [-0.25, -0.2) is 4.79 Å². The topological polar surface area (TPSA) is 90.9 Å². The Bertz CT molecular complexity index is 672. The van der Waals surface area contributed by atoms with Crippen molar-refractivity contribution in [3.63, 3.8) is 0 Å². The molecule has 1 heterocycles. The lowest BCUT2D eigenvalue weighted by atomic mass is 9.84. The second kappa shape index (κ2) is 5.26. The van der Waals surface area contributed by atoms with Crippen molar-refractivity contribution >= 4 is 11.0 Å². The molecule has 1 aromatic heterocycles. The number of aliphatic hydroxyl groups is 2. The van der Waals surface area contributed by atoms with E-state index in [2.05, 4.69) is 0 Å². The first-order valence-corrected chi connectivity index (χ1v) is 6.38. The SMILES string of the molecule is CC(C)(CO)C(O)Cc1cc2ccc(=O)oc2cc1O. The lowest BCUT2D eigenvalue weighted by molar-refractivity contribution is 0.00818. The van der Waals surface area contributed by atoms with Crippen LogP contribution in [0, 0.1) is 5.41 Å². The van der Waals surface area contributed by atoms with Crippen molar-refractivity contribution < 1.29 is 19.7 Å². The molecule has 1 aromatic carbocycles. The Hall–Kier alpha value is -1.85. The highest BCUT2D eigenvalue weighted by atomic mass is 16.4. The maximum Gasteiger partial charge on any atom is 0.336 e. The zero-order valence-electron chi connectivity index (χ0n) is 11.5. The molecule has 0 aliphatic carbocycles. The van der Waals surface area contributed by atoms with Crippen LogP contribution in [0.1, 0.15) is 19.4 Å². The highest BCUT2D eigenvalue weighted by Gasteiger charge is 2.28. The van der Waals surface area contributed by atoms with Crippen molar-refractivity contribution in [3.8, 4) is 5.75 Å². The summed E-state index contributed by atoms with van der Waals surface area (Å²) in [6.45, 7) is 3.33. The lowest BCUT2D eigenvalue weighted by Crippen LogP contribution is -2.34. The summed E-state index contributed by atoms with van der Waals surface area (Å²) in [4.78, 5) is 11.1. The van der Waals surface area contributed by atoms with Gasteiger partial charge < -0.3 is 19.7 Å². The van der Waals surface area contributed by atoms with E-state index in [-0.39, 0.29) is 18.8 Å². The van der Waals surface area contributed by atoms with Crippen LogP contribution in [0.15, 0.2) is 33.5 Å². The van der Waals surface area contributed by atoms with Crippen LogP contribution < -0.4 is 5.63 Å². The molecule has 2 aromatic rings. The molecule has 108 valence electrons. The normalized spacial score (nSPS) is 13.6. The quantitative estimate of drug-likeness (QED) is 0.736. The number of aliphatic hydroxyl groups excluding tert-OH is 2. The third kappa shape index (κ3) is 2.84. The van der Waals surface area contributed by atoms with Gasteiger partial charge in [0.2, 0.25) is 0 Å². The monoisotopic (exact) mass is 278 g/mol. The first-order chi connectivity index (χ1) is 9.33. The van der Waals surface area contributed by atoms with Gasteiger partial charge in [-0.2, -0.15) is 0 Å². The highest BCUT2D eigenvalue weighted by molar-refractivity contribution is 5.79. The van der Waals surface area contributed by atoms with E-state index in [4.69, 9.17) is 4.42 Å². The fourth-order valence-corrected chi connectivity index (χ4v) is 1.91. The van der Waals surface area contributed by atoms with Gasteiger partial charge >= 0.3 is 5.63 Å². The van der Waals surface area contributed by atoms with E-state index in [1.807, 2.05) is 0 Å². The Morgan fingerprint density at radius 3 is 2.65 bits per heavy atom. The van der Waals surface area contributed by atoms with Gasteiger partial charge in [0.25, 0.3) is 0 Å². The smallest absolute Gasteiger partial charge is 0.336 e. The van der Waals surface area contributed by atoms with E-state index in [0.29, 0.717) is 16.5 Å². The molecule has 1 unspecified atom stereocenters. The Labute approximate surface area is 116 Å². The minimum atomic E-state index is -0.799. The third-order valence-corrected chi connectivity index (χ3v) is 3.54. The van der Waals surface area contributed by atoms with E-state index in [1.165, 1.54) is 12.1 Å². The molecule has 20 heavy (non-hydrogen) atoms. The molecule has 1 atom stereocenters. The Morgan fingerprint density at radius 2 is 2.00 bits per heavy atom. The molecule has 3 N–H and O–H groups in total. The zero-order valence-corrected chi connectivity index (χ0v) is 11.5. The van der Waals surface area contributed by atoms with Crippen molar-refractivity contribution in [1.82, 2.24) is 0 Å². The summed E-state index contributed by atoms with van der Waals surface area (Å²) in [5, 5.41) is 30.0. The summed E-state index contributed by atoms with van der Waals surface area (Å²) in [6, 6.07) is 5.94. The summed E-state index contributed by atoms with van der Waals surface area (Å²) in [5.41, 5.74) is -0.300. The Morgan fingerprint density at radius 1 is 1.30 bits per heavy atom. The first kappa shape index (κ1) is 14.6. The second-order valence-corrected chi connectivity index (χ2v) is 5.64. The van der Waals surface area contributed by atoms with Gasteiger partial charge in [0, 0.05) is 29.4 Å². The van der Waals surface area contributed by atoms with Crippen LogP contribution in [0.4, 0.5) is 0 Å². The summed E-state index contributed by atoms with van der Waals surface area (Å²) in [6.07, 6.45) is -0.597. The van der Waals surface area contributed by atoms with E-state index < -0.39 is 17.1 Å². The maximum atomic E-state index is 11.1. The van der Waals surface area contributed by atoms with Crippen molar-refractivity contribution in [2.24, 2.45) is 5.41 Å². The second-order valence-electron chi connectivity index (χ2n) is 5.64. The lowest BCUT2D eigenvalue weighted by Gasteiger charge is -2.28. The Balaban J connectivity index is 2.38. The number of phenols is 1. The van der Waals surface area contributed by atoms with Gasteiger partial charge in [-0.15, -0.1) is 0 Å². The third-order valence-electron chi connectivity index (χ3n) is 3.54. The largest absolute Gasteiger partial charge is 0.508 e. The van der Waals surface area contributed by atoms with Gasteiger partial charge in [0.15, 0.2) is 0 Å². The number of hydrogen-bond donors (Lipinski definition) is 3. The molecule has 2 rings (SSSR count). The summed E-state index contributed by atoms with van der Waals surface area (Å²) >= 11 is 0. The van der Waals surface area contributed by atoms with Crippen LogP contribution in [-0.4, -0.2) is 28.0 Å². The number of rotatable bonds is 4. The van der Waals surface area contributed by atoms with Crippen molar-refractivity contribution in [3.05, 3.63) is 40.2 Å². The van der Waals surface area contributed by atoms with Gasteiger partial charge in [-0.05, 0) is 17.7 Å². The molecule has 5 nitrogen and oxygen atoms in total. The summed E-state index contributed by atoms with van der Waals surface area (Å²) in [5.74, 6) is -0.0420. The fourth-order valence-electron chi connectivity index (χ4n) is 1.91. The van der Waals surface area contributed by atoms with E-state index in [9.17, 15) is 20.1 Å². The van der Waals surface area contributed by atoms with Gasteiger partial charge in [-0.1, -0.05) is 13.8 Å². The summed E-state index contributed by atoms with van der Waals surface area (Å²) in [7, 11) is 0. The summed E-state index contributed by atoms with van der Waals surface area (Å²) < 4.78 is 4.97. The van der Waals surface area contributed by atoms with E-state index >= 15 is 0 Å². The van der Waals surface area contributed by atoms with Crippen molar-refractivity contribution in [2.75, 3.05) is 6.61 Å². The van der Waals surface area contributed by atoms with Crippen molar-refractivity contribution in [2.45, 2.75) is 26.4 Å². The van der Waals surface area contributed by atoms with Gasteiger partial charge in [0.1, 0.15) is 11.3 Å². The standard InChI is InChI=1S/C15H18O5/c1-15(2,8-16)13(18)6-10-5-9-3-4-14(19)20-12(9)7-11(10)17/h3-5,7,13,16-18H,6,8H2,1-2H3. The predicted octanol–water partition coefficient (Wildman–Crippen LogP) is 1.42. The molecule has 0 amide bonds. The average molecular weight is 278 g/mol. The zero-order chi connectivity index (χ0) is 14.9. The van der Waals surface area contributed by atoms with Crippen LogP contribution in [0.5, 0.6) is 5.75 Å². The molecule has 0 saturated carbocycles. The molecule has 0 fully saturated rings. The number of benzene rings is 1. The number of fused-ring (bicyclic) bond motifs is 1. The highest BCUT2D eigenvalue weighted by Crippen LogP contribution is 2.29. The molecule has 0 spiro atoms. The molecule has 0 saturated heterocycles. The minimum Gasteiger partial charge on any atom is -0.508 e. The van der Waals surface area contributed by atoms with Crippen LogP contribution in [-0.2, 0) is 6.42 Å². The average Bonchev–Trinajstić information content (AvgIpc) is 2.39. The minimum absolute atomic E-state index is 0.0420. The van der Waals surface area contributed by atoms with E-state index in [0.717, 1.165) is 0 Å². The molecular weight excluding hydrogens is 260 g/mol. The number of aromatic hydroxyl groups is 1. The maximum absolute atomic E-state index is 11.1. The van der Waals surface area contributed by atoms with Crippen molar-refractivity contribution in [1.29, 1.82) is 0 Å². The van der Waals surface area contributed by atoms with Crippen LogP contribution >= 0.6 is 0 Å². The number of hydrogen-bond acceptors (Lipinski definition) is 5. The molecular formula is C15H18O5. The van der Waals surface area contributed by atoms with Crippen LogP contribution in [0.3, 0.4) is 0 Å². The number of phenolic OH excluding ortho intramolecular Hbond substituents is 1. The van der Waals surface area contributed by atoms with Crippen LogP contribution in [0.25, 0.3) is 11.0 Å². The van der Waals surface area contributed by atoms with Crippen LogP contribution in [0.2, 0.25) is 0 Å². The van der Waals surface area contributed by atoms with Gasteiger partial charge in [0.05, 0.1) is 12.7 Å².